The number of benzene rings is 1. The first-order chi connectivity index (χ1) is 8.75. The lowest BCUT2D eigenvalue weighted by atomic mass is 10.1. The van der Waals surface area contributed by atoms with Gasteiger partial charge >= 0.3 is 0 Å². The summed E-state index contributed by atoms with van der Waals surface area (Å²) in [4.78, 5) is 25.2. The molecule has 2 rings (SSSR count). The van der Waals surface area contributed by atoms with Crippen LogP contribution in [0.5, 0.6) is 0 Å². The van der Waals surface area contributed by atoms with Gasteiger partial charge in [-0.15, -0.1) is 0 Å². The zero-order valence-electron chi connectivity index (χ0n) is 10.0. The summed E-state index contributed by atoms with van der Waals surface area (Å²) in [6, 6.07) is 6.89. The van der Waals surface area contributed by atoms with Crippen LogP contribution in [0.25, 0.3) is 0 Å². The molecule has 0 aromatic heterocycles. The number of hydrogen-bond donors (Lipinski definition) is 1. The number of rotatable bonds is 5. The molecular weight excluding hydrogens is 230 g/mol. The molecule has 1 aromatic carbocycles. The molecule has 4 heteroatoms. The smallest absolute Gasteiger partial charge is 0.261 e. The fraction of sp³-hybridized carbons (Fsp3) is 0.286. The summed E-state index contributed by atoms with van der Waals surface area (Å²) in [5, 5.41) is 8.57. The van der Waals surface area contributed by atoms with Gasteiger partial charge in [-0.1, -0.05) is 24.3 Å². The zero-order chi connectivity index (χ0) is 13.0. The third-order valence-corrected chi connectivity index (χ3v) is 2.90. The van der Waals surface area contributed by atoms with E-state index in [4.69, 9.17) is 5.11 Å². The quantitative estimate of drug-likeness (QED) is 0.487. The van der Waals surface area contributed by atoms with E-state index in [1.807, 2.05) is 6.08 Å². The van der Waals surface area contributed by atoms with Crippen molar-refractivity contribution in [2.45, 2.75) is 12.8 Å². The van der Waals surface area contributed by atoms with Crippen molar-refractivity contribution in [2.75, 3.05) is 13.2 Å². The summed E-state index contributed by atoms with van der Waals surface area (Å²) in [5.74, 6) is -0.413. The van der Waals surface area contributed by atoms with E-state index in [-0.39, 0.29) is 18.4 Å². The molecular formula is C14H15NO3. The number of carbonyl (C=O) groups excluding carboxylic acids is 2. The molecule has 2 amide bonds. The Hall–Kier alpha value is -1.94. The fourth-order valence-electron chi connectivity index (χ4n) is 2.00. The summed E-state index contributed by atoms with van der Waals surface area (Å²) in [5.41, 5.74) is 0.988. The van der Waals surface area contributed by atoms with Crippen molar-refractivity contribution in [2.24, 2.45) is 0 Å². The van der Waals surface area contributed by atoms with Gasteiger partial charge in [-0.25, -0.2) is 0 Å². The van der Waals surface area contributed by atoms with Gasteiger partial charge < -0.3 is 5.11 Å². The van der Waals surface area contributed by atoms with E-state index < -0.39 is 0 Å². The number of allylic oxidation sites excluding steroid dienone is 1. The van der Waals surface area contributed by atoms with Crippen molar-refractivity contribution in [1.29, 1.82) is 0 Å². The van der Waals surface area contributed by atoms with E-state index in [0.717, 1.165) is 6.42 Å². The SMILES string of the molecule is O=C1c2ccccc2C(=O)N1CCC/C=C\CO. The molecule has 1 heterocycles. The molecule has 1 N–H and O–H groups in total. The number of fused-ring (bicyclic) bond motifs is 1. The molecule has 0 bridgehead atoms. The normalized spacial score (nSPS) is 14.6. The first kappa shape index (κ1) is 12.5. The lowest BCUT2D eigenvalue weighted by Crippen LogP contribution is -2.30. The lowest BCUT2D eigenvalue weighted by Gasteiger charge is -2.12. The summed E-state index contributed by atoms with van der Waals surface area (Å²) in [7, 11) is 0. The first-order valence-corrected chi connectivity index (χ1v) is 5.97. The molecule has 0 saturated carbocycles. The second-order valence-corrected chi connectivity index (χ2v) is 4.10. The highest BCUT2D eigenvalue weighted by Gasteiger charge is 2.34. The van der Waals surface area contributed by atoms with Gasteiger partial charge in [0.05, 0.1) is 17.7 Å². The van der Waals surface area contributed by atoms with Gasteiger partial charge in [-0.05, 0) is 25.0 Å². The van der Waals surface area contributed by atoms with Crippen LogP contribution in [-0.4, -0.2) is 35.0 Å². The van der Waals surface area contributed by atoms with Gasteiger partial charge in [0.2, 0.25) is 0 Å². The molecule has 0 fully saturated rings. The Morgan fingerprint density at radius 3 is 2.22 bits per heavy atom. The van der Waals surface area contributed by atoms with E-state index in [9.17, 15) is 9.59 Å². The van der Waals surface area contributed by atoms with Crippen LogP contribution in [0.15, 0.2) is 36.4 Å². The van der Waals surface area contributed by atoms with Crippen LogP contribution in [0.1, 0.15) is 33.6 Å². The largest absolute Gasteiger partial charge is 0.392 e. The van der Waals surface area contributed by atoms with E-state index in [2.05, 4.69) is 0 Å². The Kier molecular flexibility index (Phi) is 3.89. The maximum atomic E-state index is 12.0. The Morgan fingerprint density at radius 1 is 1.06 bits per heavy atom. The average Bonchev–Trinajstić information content (AvgIpc) is 2.64. The molecule has 0 atom stereocenters. The van der Waals surface area contributed by atoms with E-state index in [0.29, 0.717) is 24.1 Å². The van der Waals surface area contributed by atoms with Crippen LogP contribution < -0.4 is 0 Å². The predicted molar refractivity (Wildman–Crippen MR) is 67.3 cm³/mol. The van der Waals surface area contributed by atoms with Crippen molar-refractivity contribution in [3.8, 4) is 0 Å². The molecule has 1 aliphatic heterocycles. The molecule has 18 heavy (non-hydrogen) atoms. The van der Waals surface area contributed by atoms with E-state index in [1.165, 1.54) is 4.90 Å². The third-order valence-electron chi connectivity index (χ3n) is 2.90. The summed E-state index contributed by atoms with van der Waals surface area (Å²) in [6.45, 7) is 0.440. The highest BCUT2D eigenvalue weighted by atomic mass is 16.2. The lowest BCUT2D eigenvalue weighted by molar-refractivity contribution is 0.0653. The van der Waals surface area contributed by atoms with Crippen LogP contribution in [-0.2, 0) is 0 Å². The molecule has 1 aliphatic rings. The van der Waals surface area contributed by atoms with Gasteiger partial charge in [0.15, 0.2) is 0 Å². The molecule has 0 spiro atoms. The first-order valence-electron chi connectivity index (χ1n) is 5.97. The molecule has 0 saturated heterocycles. The third kappa shape index (κ3) is 2.33. The van der Waals surface area contributed by atoms with E-state index >= 15 is 0 Å². The number of imide groups is 1. The second-order valence-electron chi connectivity index (χ2n) is 4.10. The highest BCUT2D eigenvalue weighted by molar-refractivity contribution is 6.21. The number of carbonyl (C=O) groups is 2. The van der Waals surface area contributed by atoms with Crippen molar-refractivity contribution < 1.29 is 14.7 Å². The molecule has 1 aromatic rings. The minimum Gasteiger partial charge on any atom is -0.392 e. The molecule has 0 unspecified atom stereocenters. The predicted octanol–water partition coefficient (Wildman–Crippen LogP) is 1.61. The van der Waals surface area contributed by atoms with Crippen LogP contribution in [0.3, 0.4) is 0 Å². The van der Waals surface area contributed by atoms with Gasteiger partial charge in [0, 0.05) is 6.54 Å². The molecule has 4 nitrogen and oxygen atoms in total. The Balaban J connectivity index is 1.99. The fourth-order valence-corrected chi connectivity index (χ4v) is 2.00. The summed E-state index contributed by atoms with van der Waals surface area (Å²) < 4.78 is 0. The number of amides is 2. The zero-order valence-corrected chi connectivity index (χ0v) is 10.0. The number of aliphatic hydroxyl groups excluding tert-OH is 1. The van der Waals surface area contributed by atoms with Gasteiger partial charge in [0.25, 0.3) is 11.8 Å². The Labute approximate surface area is 106 Å². The number of hydrogen-bond acceptors (Lipinski definition) is 3. The number of aliphatic hydroxyl groups is 1. The second kappa shape index (κ2) is 5.60. The number of nitrogens with zero attached hydrogens (tertiary/aromatic N) is 1. The molecule has 0 radical (unpaired) electrons. The molecule has 94 valence electrons. The Morgan fingerprint density at radius 2 is 1.67 bits per heavy atom. The van der Waals surface area contributed by atoms with Crippen molar-refractivity contribution in [3.63, 3.8) is 0 Å². The van der Waals surface area contributed by atoms with Crippen LogP contribution in [0, 0.1) is 0 Å². The van der Waals surface area contributed by atoms with Crippen molar-refractivity contribution in [3.05, 3.63) is 47.5 Å². The topological polar surface area (TPSA) is 57.6 Å². The Bertz CT molecular complexity index is 459. The van der Waals surface area contributed by atoms with Crippen LogP contribution >= 0.6 is 0 Å². The minimum atomic E-state index is -0.207. The molecule has 0 aliphatic carbocycles. The van der Waals surface area contributed by atoms with Gasteiger partial charge in [0.1, 0.15) is 0 Å². The number of unbranched alkanes of at least 4 members (excludes halogenated alkanes) is 1. The monoisotopic (exact) mass is 245 g/mol. The average molecular weight is 245 g/mol. The van der Waals surface area contributed by atoms with Gasteiger partial charge in [-0.2, -0.15) is 0 Å². The maximum absolute atomic E-state index is 12.0. The van der Waals surface area contributed by atoms with Crippen LogP contribution in [0.2, 0.25) is 0 Å². The van der Waals surface area contributed by atoms with E-state index in [1.54, 1.807) is 30.3 Å². The summed E-state index contributed by atoms with van der Waals surface area (Å²) >= 11 is 0. The van der Waals surface area contributed by atoms with Crippen molar-refractivity contribution in [1.82, 2.24) is 4.90 Å². The van der Waals surface area contributed by atoms with Crippen LogP contribution in [0.4, 0.5) is 0 Å². The van der Waals surface area contributed by atoms with Crippen molar-refractivity contribution >= 4 is 11.8 Å². The minimum absolute atomic E-state index is 0.0208. The van der Waals surface area contributed by atoms with Gasteiger partial charge in [-0.3, -0.25) is 14.5 Å². The summed E-state index contributed by atoms with van der Waals surface area (Å²) in [6.07, 6.45) is 4.95. The standard InChI is InChI=1S/C14H15NO3/c16-10-6-2-1-5-9-15-13(17)11-7-3-4-8-12(11)14(15)18/h2-4,6-8,16H,1,5,9-10H2/b6-2-. The maximum Gasteiger partial charge on any atom is 0.261 e. The highest BCUT2D eigenvalue weighted by Crippen LogP contribution is 2.22.